The molecule has 2 aromatic rings. The summed E-state index contributed by atoms with van der Waals surface area (Å²) in [4.78, 5) is 23.8. The van der Waals surface area contributed by atoms with Crippen LogP contribution in [-0.2, 0) is 9.53 Å². The third kappa shape index (κ3) is 6.60. The van der Waals surface area contributed by atoms with Gasteiger partial charge in [0.2, 0.25) is 5.91 Å². The molecule has 2 N–H and O–H groups in total. The largest absolute Gasteiger partial charge is 0.491 e. The third-order valence-corrected chi connectivity index (χ3v) is 3.52. The standard InChI is InChI=1S/C19H24N2O5/c1-24-12-6-14-25-16-8-3-2-7-15(16)21-18(22)10-4-11-20-19(23)17-9-5-13-26-17/h2-3,5,7-9,13H,4,6,10-12,14H2,1H3,(H,20,23)(H,21,22). The Hall–Kier alpha value is -2.80. The lowest BCUT2D eigenvalue weighted by atomic mass is 10.2. The van der Waals surface area contributed by atoms with Crippen LogP contribution < -0.4 is 15.4 Å². The predicted octanol–water partition coefficient (Wildman–Crippen LogP) is 2.84. The Bertz CT molecular complexity index is 685. The van der Waals surface area contributed by atoms with E-state index in [1.54, 1.807) is 25.3 Å². The Morgan fingerprint density at radius 2 is 1.92 bits per heavy atom. The van der Waals surface area contributed by atoms with Gasteiger partial charge in [-0.05, 0) is 30.7 Å². The number of methoxy groups -OCH3 is 1. The normalized spacial score (nSPS) is 10.3. The highest BCUT2D eigenvalue weighted by atomic mass is 16.5. The summed E-state index contributed by atoms with van der Waals surface area (Å²) < 4.78 is 15.7. The van der Waals surface area contributed by atoms with Gasteiger partial charge in [-0.25, -0.2) is 0 Å². The first kappa shape index (κ1) is 19.5. The topological polar surface area (TPSA) is 89.8 Å². The number of hydrogen-bond donors (Lipinski definition) is 2. The fourth-order valence-corrected chi connectivity index (χ4v) is 2.24. The van der Waals surface area contributed by atoms with Crippen LogP contribution in [0.25, 0.3) is 0 Å². The molecule has 0 radical (unpaired) electrons. The number of hydrogen-bond acceptors (Lipinski definition) is 5. The summed E-state index contributed by atoms with van der Waals surface area (Å²) >= 11 is 0. The van der Waals surface area contributed by atoms with Gasteiger partial charge in [0.15, 0.2) is 5.76 Å². The van der Waals surface area contributed by atoms with Gasteiger partial charge in [-0.2, -0.15) is 0 Å². The zero-order chi connectivity index (χ0) is 18.6. The van der Waals surface area contributed by atoms with E-state index in [1.165, 1.54) is 6.26 Å². The molecule has 0 spiro atoms. The number of nitrogens with one attached hydrogen (secondary N) is 2. The van der Waals surface area contributed by atoms with Crippen molar-refractivity contribution in [2.24, 2.45) is 0 Å². The van der Waals surface area contributed by atoms with Gasteiger partial charge in [-0.1, -0.05) is 12.1 Å². The average Bonchev–Trinajstić information content (AvgIpc) is 3.18. The van der Waals surface area contributed by atoms with Crippen LogP contribution in [0.15, 0.2) is 47.1 Å². The Labute approximate surface area is 152 Å². The maximum absolute atomic E-state index is 12.1. The molecule has 2 rings (SSSR count). The number of carbonyl (C=O) groups excluding carboxylic acids is 2. The molecule has 0 atom stereocenters. The van der Waals surface area contributed by atoms with Crippen LogP contribution in [0.3, 0.4) is 0 Å². The predicted molar refractivity (Wildman–Crippen MR) is 97.3 cm³/mol. The summed E-state index contributed by atoms with van der Waals surface area (Å²) in [7, 11) is 1.64. The molecular weight excluding hydrogens is 336 g/mol. The fourth-order valence-electron chi connectivity index (χ4n) is 2.24. The van der Waals surface area contributed by atoms with Crippen molar-refractivity contribution in [2.75, 3.05) is 32.2 Å². The molecule has 7 heteroatoms. The van der Waals surface area contributed by atoms with Crippen LogP contribution in [0.5, 0.6) is 5.75 Å². The lowest BCUT2D eigenvalue weighted by Gasteiger charge is -2.12. The Balaban J connectivity index is 1.71. The van der Waals surface area contributed by atoms with Crippen molar-refractivity contribution in [1.29, 1.82) is 0 Å². The molecule has 1 aromatic heterocycles. The molecule has 1 heterocycles. The third-order valence-electron chi connectivity index (χ3n) is 3.52. The SMILES string of the molecule is COCCCOc1ccccc1NC(=O)CCCNC(=O)c1ccco1. The maximum atomic E-state index is 12.1. The first-order valence-electron chi connectivity index (χ1n) is 8.53. The second-order valence-electron chi connectivity index (χ2n) is 5.58. The van der Waals surface area contributed by atoms with Crippen molar-refractivity contribution in [3.8, 4) is 5.75 Å². The quantitative estimate of drug-likeness (QED) is 0.602. The molecule has 0 bridgehead atoms. The molecule has 0 fully saturated rings. The number of para-hydroxylation sites is 2. The summed E-state index contributed by atoms with van der Waals surface area (Å²) in [6.45, 7) is 1.53. The molecule has 140 valence electrons. The number of benzene rings is 1. The molecular formula is C19H24N2O5. The van der Waals surface area contributed by atoms with Crippen molar-refractivity contribution < 1.29 is 23.5 Å². The minimum atomic E-state index is -0.287. The van der Waals surface area contributed by atoms with Gasteiger partial charge in [0.1, 0.15) is 5.75 Å². The second-order valence-corrected chi connectivity index (χ2v) is 5.58. The number of furan rings is 1. The van der Waals surface area contributed by atoms with Crippen molar-refractivity contribution >= 4 is 17.5 Å². The fraction of sp³-hybridized carbons (Fsp3) is 0.368. The summed E-state index contributed by atoms with van der Waals surface area (Å²) in [6.07, 6.45) is 3.02. The smallest absolute Gasteiger partial charge is 0.286 e. The first-order valence-corrected chi connectivity index (χ1v) is 8.53. The summed E-state index contributed by atoms with van der Waals surface area (Å²) in [6, 6.07) is 10.5. The van der Waals surface area contributed by atoms with E-state index in [2.05, 4.69) is 10.6 Å². The van der Waals surface area contributed by atoms with Crippen LogP contribution in [0.4, 0.5) is 5.69 Å². The lowest BCUT2D eigenvalue weighted by Crippen LogP contribution is -2.25. The van der Waals surface area contributed by atoms with E-state index in [0.29, 0.717) is 37.6 Å². The molecule has 1 aromatic carbocycles. The van der Waals surface area contributed by atoms with Gasteiger partial charge in [0.05, 0.1) is 18.6 Å². The van der Waals surface area contributed by atoms with Crippen molar-refractivity contribution in [3.05, 3.63) is 48.4 Å². The van der Waals surface area contributed by atoms with Crippen LogP contribution in [0.2, 0.25) is 0 Å². The van der Waals surface area contributed by atoms with E-state index >= 15 is 0 Å². The van der Waals surface area contributed by atoms with Crippen LogP contribution >= 0.6 is 0 Å². The van der Waals surface area contributed by atoms with Crippen LogP contribution in [0.1, 0.15) is 29.8 Å². The van der Waals surface area contributed by atoms with E-state index in [0.717, 1.165) is 6.42 Å². The second kappa shape index (κ2) is 10.9. The van der Waals surface area contributed by atoms with Gasteiger partial charge in [0.25, 0.3) is 5.91 Å². The highest BCUT2D eigenvalue weighted by molar-refractivity contribution is 5.92. The molecule has 0 aliphatic rings. The monoisotopic (exact) mass is 360 g/mol. The molecule has 0 aliphatic heterocycles. The summed E-state index contributed by atoms with van der Waals surface area (Å²) in [5.74, 6) is 0.465. The lowest BCUT2D eigenvalue weighted by molar-refractivity contribution is -0.116. The van der Waals surface area contributed by atoms with E-state index in [1.807, 2.05) is 18.2 Å². The number of amides is 2. The van der Waals surface area contributed by atoms with Gasteiger partial charge >= 0.3 is 0 Å². The zero-order valence-electron chi connectivity index (χ0n) is 14.8. The number of carbonyl (C=O) groups is 2. The van der Waals surface area contributed by atoms with E-state index in [-0.39, 0.29) is 24.0 Å². The number of ether oxygens (including phenoxy) is 2. The van der Waals surface area contributed by atoms with Gasteiger partial charge in [0, 0.05) is 33.1 Å². The summed E-state index contributed by atoms with van der Waals surface area (Å²) in [5.41, 5.74) is 0.634. The highest BCUT2D eigenvalue weighted by Crippen LogP contribution is 2.24. The summed E-state index contributed by atoms with van der Waals surface area (Å²) in [5, 5.41) is 5.55. The van der Waals surface area contributed by atoms with Gasteiger partial charge in [-0.15, -0.1) is 0 Å². The first-order chi connectivity index (χ1) is 12.7. The van der Waals surface area contributed by atoms with Crippen molar-refractivity contribution in [2.45, 2.75) is 19.3 Å². The van der Waals surface area contributed by atoms with Crippen molar-refractivity contribution in [1.82, 2.24) is 5.32 Å². The molecule has 0 saturated carbocycles. The van der Waals surface area contributed by atoms with E-state index < -0.39 is 0 Å². The van der Waals surface area contributed by atoms with E-state index in [9.17, 15) is 9.59 Å². The Morgan fingerprint density at radius 3 is 2.69 bits per heavy atom. The highest BCUT2D eigenvalue weighted by Gasteiger charge is 2.09. The van der Waals surface area contributed by atoms with Crippen LogP contribution in [-0.4, -0.2) is 38.7 Å². The minimum Gasteiger partial charge on any atom is -0.491 e. The maximum Gasteiger partial charge on any atom is 0.286 e. The molecule has 26 heavy (non-hydrogen) atoms. The van der Waals surface area contributed by atoms with Gasteiger partial charge in [-0.3, -0.25) is 9.59 Å². The minimum absolute atomic E-state index is 0.134. The molecule has 0 aliphatic carbocycles. The van der Waals surface area contributed by atoms with Crippen molar-refractivity contribution in [3.63, 3.8) is 0 Å². The molecule has 7 nitrogen and oxygen atoms in total. The van der Waals surface area contributed by atoms with Gasteiger partial charge < -0.3 is 24.5 Å². The number of anilines is 1. The van der Waals surface area contributed by atoms with E-state index in [4.69, 9.17) is 13.9 Å². The zero-order valence-corrected chi connectivity index (χ0v) is 14.8. The molecule has 0 unspecified atom stereocenters. The number of rotatable bonds is 11. The Kier molecular flexibility index (Phi) is 8.21. The van der Waals surface area contributed by atoms with Crippen LogP contribution in [0, 0.1) is 0 Å². The molecule has 0 saturated heterocycles. The Morgan fingerprint density at radius 1 is 1.08 bits per heavy atom. The average molecular weight is 360 g/mol. The molecule has 2 amide bonds.